The van der Waals surface area contributed by atoms with Crippen molar-refractivity contribution in [2.24, 2.45) is 0 Å². The monoisotopic (exact) mass is 291 g/mol. The standard InChI is InChI=1S/C14H14ClN3O2/c1-20-14(19)18-6-5-12-11(8-18)13(17-16-12)9-3-2-4-10(15)7-9/h2-4,7H,5-6,8H2,1H3,(H,16,17). The first kappa shape index (κ1) is 13.0. The van der Waals surface area contributed by atoms with E-state index in [9.17, 15) is 4.79 Å². The van der Waals surface area contributed by atoms with Crippen LogP contribution in [0.5, 0.6) is 0 Å². The Morgan fingerprint density at radius 1 is 1.50 bits per heavy atom. The highest BCUT2D eigenvalue weighted by molar-refractivity contribution is 6.30. The van der Waals surface area contributed by atoms with Crippen LogP contribution in [0.3, 0.4) is 0 Å². The SMILES string of the molecule is COC(=O)N1CCc2[nH]nc(-c3cccc(Cl)c3)c2C1. The molecule has 0 aliphatic carbocycles. The summed E-state index contributed by atoms with van der Waals surface area (Å²) in [6.45, 7) is 1.14. The zero-order valence-corrected chi connectivity index (χ0v) is 11.8. The molecule has 0 bridgehead atoms. The fraction of sp³-hybridized carbons (Fsp3) is 0.286. The highest BCUT2D eigenvalue weighted by atomic mass is 35.5. The molecule has 3 rings (SSSR count). The molecule has 2 aromatic rings. The van der Waals surface area contributed by atoms with Crippen LogP contribution in [0, 0.1) is 0 Å². The Kier molecular flexibility index (Phi) is 3.36. The number of ether oxygens (including phenoxy) is 1. The molecule has 2 heterocycles. The van der Waals surface area contributed by atoms with E-state index in [4.69, 9.17) is 16.3 Å². The molecule has 5 nitrogen and oxygen atoms in total. The summed E-state index contributed by atoms with van der Waals surface area (Å²) in [4.78, 5) is 13.3. The van der Waals surface area contributed by atoms with Gasteiger partial charge in [-0.05, 0) is 12.1 Å². The number of carbonyl (C=O) groups is 1. The highest BCUT2D eigenvalue weighted by Gasteiger charge is 2.26. The first-order valence-corrected chi connectivity index (χ1v) is 6.72. The largest absolute Gasteiger partial charge is 0.453 e. The summed E-state index contributed by atoms with van der Waals surface area (Å²) >= 11 is 6.02. The van der Waals surface area contributed by atoms with Gasteiger partial charge >= 0.3 is 6.09 Å². The number of amides is 1. The van der Waals surface area contributed by atoms with E-state index in [2.05, 4.69) is 10.2 Å². The van der Waals surface area contributed by atoms with E-state index in [1.54, 1.807) is 4.90 Å². The molecule has 1 amide bonds. The number of nitrogens with zero attached hydrogens (tertiary/aromatic N) is 2. The van der Waals surface area contributed by atoms with Crippen LogP contribution in [0.1, 0.15) is 11.3 Å². The van der Waals surface area contributed by atoms with Gasteiger partial charge in [-0.25, -0.2) is 4.79 Å². The second-order valence-corrected chi connectivity index (χ2v) is 5.12. The summed E-state index contributed by atoms with van der Waals surface area (Å²) in [6, 6.07) is 7.54. The molecule has 0 spiro atoms. The van der Waals surface area contributed by atoms with Crippen molar-refractivity contribution in [1.29, 1.82) is 0 Å². The number of H-pyrrole nitrogens is 1. The Hall–Kier alpha value is -2.01. The van der Waals surface area contributed by atoms with Crippen LogP contribution in [-0.4, -0.2) is 34.8 Å². The maximum Gasteiger partial charge on any atom is 0.409 e. The van der Waals surface area contributed by atoms with E-state index in [0.29, 0.717) is 18.1 Å². The van der Waals surface area contributed by atoms with Crippen molar-refractivity contribution < 1.29 is 9.53 Å². The van der Waals surface area contributed by atoms with Gasteiger partial charge < -0.3 is 9.64 Å². The average Bonchev–Trinajstić information content (AvgIpc) is 2.89. The van der Waals surface area contributed by atoms with Gasteiger partial charge in [-0.1, -0.05) is 23.7 Å². The minimum absolute atomic E-state index is 0.311. The fourth-order valence-electron chi connectivity index (χ4n) is 2.45. The Morgan fingerprint density at radius 3 is 3.10 bits per heavy atom. The summed E-state index contributed by atoms with van der Waals surface area (Å²) < 4.78 is 4.78. The molecule has 1 aliphatic heterocycles. The maximum atomic E-state index is 11.7. The van der Waals surface area contributed by atoms with Gasteiger partial charge in [0.1, 0.15) is 0 Å². The van der Waals surface area contributed by atoms with Crippen molar-refractivity contribution in [1.82, 2.24) is 15.1 Å². The third-order valence-electron chi connectivity index (χ3n) is 3.46. The van der Waals surface area contributed by atoms with Crippen molar-refractivity contribution in [3.63, 3.8) is 0 Å². The second-order valence-electron chi connectivity index (χ2n) is 4.68. The lowest BCUT2D eigenvalue weighted by Crippen LogP contribution is -2.35. The first-order valence-electron chi connectivity index (χ1n) is 6.34. The van der Waals surface area contributed by atoms with Crippen molar-refractivity contribution in [2.75, 3.05) is 13.7 Å². The van der Waals surface area contributed by atoms with E-state index >= 15 is 0 Å². The number of aromatic amines is 1. The summed E-state index contributed by atoms with van der Waals surface area (Å²) in [5.41, 5.74) is 3.89. The Balaban J connectivity index is 1.97. The molecule has 6 heteroatoms. The molecule has 1 aromatic heterocycles. The van der Waals surface area contributed by atoms with E-state index < -0.39 is 0 Å². The molecule has 0 fully saturated rings. The van der Waals surface area contributed by atoms with Gasteiger partial charge in [0.15, 0.2) is 0 Å². The van der Waals surface area contributed by atoms with E-state index in [1.165, 1.54) is 7.11 Å². The van der Waals surface area contributed by atoms with Crippen LogP contribution in [0.2, 0.25) is 5.02 Å². The van der Waals surface area contributed by atoms with Crippen molar-refractivity contribution in [3.05, 3.63) is 40.5 Å². The molecular formula is C14H14ClN3O2. The number of benzene rings is 1. The summed E-state index contributed by atoms with van der Waals surface area (Å²) in [5, 5.41) is 8.08. The number of nitrogens with one attached hydrogen (secondary N) is 1. The zero-order chi connectivity index (χ0) is 14.1. The summed E-state index contributed by atoms with van der Waals surface area (Å²) in [6.07, 6.45) is 0.437. The Bertz CT molecular complexity index is 654. The van der Waals surface area contributed by atoms with Crippen molar-refractivity contribution in [3.8, 4) is 11.3 Å². The number of aromatic nitrogens is 2. The maximum absolute atomic E-state index is 11.7. The van der Waals surface area contributed by atoms with Gasteiger partial charge in [0.2, 0.25) is 0 Å². The predicted octanol–water partition coefficient (Wildman–Crippen LogP) is 2.85. The van der Waals surface area contributed by atoms with Crippen LogP contribution in [0.4, 0.5) is 4.79 Å². The van der Waals surface area contributed by atoms with Crippen LogP contribution in [0.25, 0.3) is 11.3 Å². The lowest BCUT2D eigenvalue weighted by atomic mass is 10.0. The van der Waals surface area contributed by atoms with Crippen LogP contribution >= 0.6 is 11.6 Å². The quantitative estimate of drug-likeness (QED) is 0.879. The number of rotatable bonds is 1. The van der Waals surface area contributed by atoms with Crippen LogP contribution < -0.4 is 0 Å². The third-order valence-corrected chi connectivity index (χ3v) is 3.70. The molecule has 1 aliphatic rings. The molecular weight excluding hydrogens is 278 g/mol. The predicted molar refractivity (Wildman–Crippen MR) is 75.6 cm³/mol. The number of hydrogen-bond acceptors (Lipinski definition) is 3. The number of hydrogen-bond donors (Lipinski definition) is 1. The molecule has 0 saturated carbocycles. The number of fused-ring (bicyclic) bond motifs is 1. The number of carbonyl (C=O) groups excluding carboxylic acids is 1. The van der Waals surface area contributed by atoms with Crippen LogP contribution in [0.15, 0.2) is 24.3 Å². The Labute approximate surface area is 121 Å². The summed E-state index contributed by atoms with van der Waals surface area (Å²) in [5.74, 6) is 0. The molecule has 0 saturated heterocycles. The molecule has 1 aromatic carbocycles. The molecule has 1 N–H and O–H groups in total. The fourth-order valence-corrected chi connectivity index (χ4v) is 2.64. The van der Waals surface area contributed by atoms with Crippen molar-refractivity contribution in [2.45, 2.75) is 13.0 Å². The molecule has 20 heavy (non-hydrogen) atoms. The first-order chi connectivity index (χ1) is 9.69. The van der Waals surface area contributed by atoms with Gasteiger partial charge in [-0.2, -0.15) is 5.10 Å². The van der Waals surface area contributed by atoms with Gasteiger partial charge in [0.25, 0.3) is 0 Å². The van der Waals surface area contributed by atoms with Gasteiger partial charge in [-0.15, -0.1) is 0 Å². The normalized spacial score (nSPS) is 14.0. The second kappa shape index (κ2) is 5.17. The van der Waals surface area contributed by atoms with E-state index in [0.717, 1.165) is 28.9 Å². The Morgan fingerprint density at radius 2 is 2.35 bits per heavy atom. The van der Waals surface area contributed by atoms with Crippen LogP contribution in [-0.2, 0) is 17.7 Å². The molecule has 104 valence electrons. The number of halogens is 1. The highest BCUT2D eigenvalue weighted by Crippen LogP contribution is 2.29. The minimum atomic E-state index is -0.311. The summed E-state index contributed by atoms with van der Waals surface area (Å²) in [7, 11) is 1.39. The molecule has 0 radical (unpaired) electrons. The lowest BCUT2D eigenvalue weighted by molar-refractivity contribution is 0.118. The van der Waals surface area contributed by atoms with Gasteiger partial charge in [0, 0.05) is 34.8 Å². The van der Waals surface area contributed by atoms with Gasteiger partial charge in [-0.3, -0.25) is 5.10 Å². The number of methoxy groups -OCH3 is 1. The lowest BCUT2D eigenvalue weighted by Gasteiger charge is -2.25. The molecule has 0 unspecified atom stereocenters. The van der Waals surface area contributed by atoms with E-state index in [1.807, 2.05) is 24.3 Å². The third kappa shape index (κ3) is 2.25. The molecule has 0 atom stereocenters. The van der Waals surface area contributed by atoms with Crippen molar-refractivity contribution >= 4 is 17.7 Å². The zero-order valence-electron chi connectivity index (χ0n) is 11.0. The average molecular weight is 292 g/mol. The minimum Gasteiger partial charge on any atom is -0.453 e. The topological polar surface area (TPSA) is 58.2 Å². The van der Waals surface area contributed by atoms with Gasteiger partial charge in [0.05, 0.1) is 19.3 Å². The van der Waals surface area contributed by atoms with E-state index in [-0.39, 0.29) is 6.09 Å². The smallest absolute Gasteiger partial charge is 0.409 e.